The van der Waals surface area contributed by atoms with Gasteiger partial charge in [0.25, 0.3) is 0 Å². The molecule has 0 aliphatic carbocycles. The number of hydrogen-bond acceptors (Lipinski definition) is 5. The van der Waals surface area contributed by atoms with Crippen molar-refractivity contribution >= 4 is 23.6 Å². The summed E-state index contributed by atoms with van der Waals surface area (Å²) in [5.41, 5.74) is 3.72. The number of piperazine rings is 1. The summed E-state index contributed by atoms with van der Waals surface area (Å²) in [5, 5.41) is 9.57. The lowest BCUT2D eigenvalue weighted by Gasteiger charge is -2.43. The molecule has 3 saturated heterocycles. The Morgan fingerprint density at radius 3 is 2.41 bits per heavy atom. The number of carbonyl (C=O) groups excluding carboxylic acids is 2. The molecule has 4 rings (SSSR count). The molecule has 1 unspecified atom stereocenters. The van der Waals surface area contributed by atoms with Crippen LogP contribution in [0.5, 0.6) is 0 Å². The molecule has 0 saturated carbocycles. The molecule has 0 bridgehead atoms. The average Bonchev–Trinajstić information content (AvgIpc) is 3.33. The molecule has 0 aromatic heterocycles. The van der Waals surface area contributed by atoms with Crippen LogP contribution in [0.15, 0.2) is 18.2 Å². The second-order valence-electron chi connectivity index (χ2n) is 8.10. The molecular formula is C21H28N4O4. The summed E-state index contributed by atoms with van der Waals surface area (Å²) < 4.78 is 0. The van der Waals surface area contributed by atoms with E-state index in [0.29, 0.717) is 19.6 Å². The molecule has 3 aliphatic rings. The molecule has 3 heterocycles. The summed E-state index contributed by atoms with van der Waals surface area (Å²) in [6.07, 6.45) is 0.945. The number of benzene rings is 1. The Labute approximate surface area is 170 Å². The fraction of sp³-hybridized carbons (Fsp3) is 0.571. The number of anilines is 1. The van der Waals surface area contributed by atoms with Crippen LogP contribution < -0.4 is 4.90 Å². The Morgan fingerprint density at radius 2 is 1.76 bits per heavy atom. The predicted molar refractivity (Wildman–Crippen MR) is 108 cm³/mol. The van der Waals surface area contributed by atoms with E-state index in [-0.39, 0.29) is 31.2 Å². The van der Waals surface area contributed by atoms with Crippen molar-refractivity contribution in [2.45, 2.75) is 45.3 Å². The van der Waals surface area contributed by atoms with Gasteiger partial charge in [-0.05, 0) is 37.0 Å². The zero-order valence-electron chi connectivity index (χ0n) is 16.8. The molecule has 29 heavy (non-hydrogen) atoms. The minimum atomic E-state index is -1.09. The topological polar surface area (TPSA) is 84.4 Å². The lowest BCUT2D eigenvalue weighted by Crippen LogP contribution is -2.62. The average molecular weight is 400 g/mol. The number of carboxylic acid groups (broad SMARTS) is 1. The summed E-state index contributed by atoms with van der Waals surface area (Å²) in [6.45, 7) is 6.19. The van der Waals surface area contributed by atoms with Crippen LogP contribution in [0.2, 0.25) is 0 Å². The van der Waals surface area contributed by atoms with E-state index in [4.69, 9.17) is 0 Å². The summed E-state index contributed by atoms with van der Waals surface area (Å²) in [6, 6.07) is 6.35. The van der Waals surface area contributed by atoms with Crippen LogP contribution >= 0.6 is 0 Å². The Hall–Kier alpha value is -2.61. The lowest BCUT2D eigenvalue weighted by molar-refractivity contribution is -0.147. The molecule has 8 heteroatoms. The zero-order chi connectivity index (χ0) is 20.5. The number of hydrogen-bond donors (Lipinski definition) is 1. The Balaban J connectivity index is 1.53. The molecular weight excluding hydrogens is 372 g/mol. The Morgan fingerprint density at radius 1 is 1.07 bits per heavy atom. The standard InChI is InChI=1S/C21H28N4O4/c1-15-16(5-4-6-17(15)23-9-2-3-10-23)13-22-11-12-24(21(28)29)18(14-22)25-19(26)7-8-20(25)27/h4-6,18H,2-3,7-14H2,1H3,(H,28,29). The van der Waals surface area contributed by atoms with Gasteiger partial charge in [-0.3, -0.25) is 24.3 Å². The number of amides is 3. The molecule has 3 aliphatic heterocycles. The maximum atomic E-state index is 12.2. The molecule has 3 amide bonds. The van der Waals surface area contributed by atoms with Crippen LogP contribution in [0.1, 0.15) is 36.8 Å². The van der Waals surface area contributed by atoms with E-state index in [2.05, 4.69) is 34.9 Å². The van der Waals surface area contributed by atoms with E-state index in [0.717, 1.165) is 18.0 Å². The summed E-state index contributed by atoms with van der Waals surface area (Å²) in [4.78, 5) is 43.1. The van der Waals surface area contributed by atoms with Crippen LogP contribution in [0.4, 0.5) is 10.5 Å². The molecule has 1 aromatic carbocycles. The molecule has 1 aromatic rings. The van der Waals surface area contributed by atoms with E-state index in [1.54, 1.807) is 0 Å². The predicted octanol–water partition coefficient (Wildman–Crippen LogP) is 1.87. The number of rotatable bonds is 4. The van der Waals surface area contributed by atoms with Crippen molar-refractivity contribution in [2.75, 3.05) is 37.6 Å². The van der Waals surface area contributed by atoms with Gasteiger partial charge in [-0.2, -0.15) is 0 Å². The Bertz CT molecular complexity index is 805. The smallest absolute Gasteiger partial charge is 0.409 e. The molecule has 8 nitrogen and oxygen atoms in total. The van der Waals surface area contributed by atoms with Gasteiger partial charge in [0.1, 0.15) is 6.17 Å². The van der Waals surface area contributed by atoms with Gasteiger partial charge in [-0.15, -0.1) is 0 Å². The van der Waals surface area contributed by atoms with Crippen molar-refractivity contribution in [1.82, 2.24) is 14.7 Å². The second-order valence-corrected chi connectivity index (χ2v) is 8.10. The van der Waals surface area contributed by atoms with Crippen molar-refractivity contribution in [3.05, 3.63) is 29.3 Å². The highest BCUT2D eigenvalue weighted by molar-refractivity contribution is 6.02. The summed E-state index contributed by atoms with van der Waals surface area (Å²) in [5.74, 6) is -0.555. The van der Waals surface area contributed by atoms with Gasteiger partial charge in [0.05, 0.1) is 0 Å². The monoisotopic (exact) mass is 400 g/mol. The number of imide groups is 1. The van der Waals surface area contributed by atoms with Crippen LogP contribution in [0.3, 0.4) is 0 Å². The number of carbonyl (C=O) groups is 3. The van der Waals surface area contributed by atoms with Gasteiger partial charge >= 0.3 is 6.09 Å². The van der Waals surface area contributed by atoms with Gasteiger partial charge in [0, 0.05) is 57.8 Å². The van der Waals surface area contributed by atoms with Crippen molar-refractivity contribution in [1.29, 1.82) is 0 Å². The molecule has 3 fully saturated rings. The molecule has 0 spiro atoms. The van der Waals surface area contributed by atoms with Crippen molar-refractivity contribution in [3.8, 4) is 0 Å². The number of likely N-dealkylation sites (tertiary alicyclic amines) is 1. The normalized spacial score (nSPS) is 23.3. The second kappa shape index (κ2) is 8.02. The third-order valence-electron chi connectivity index (χ3n) is 6.33. The van der Waals surface area contributed by atoms with Crippen LogP contribution in [-0.2, 0) is 16.1 Å². The lowest BCUT2D eigenvalue weighted by atomic mass is 10.0. The first-order valence-electron chi connectivity index (χ1n) is 10.4. The van der Waals surface area contributed by atoms with Crippen molar-refractivity contribution in [3.63, 3.8) is 0 Å². The maximum absolute atomic E-state index is 12.2. The van der Waals surface area contributed by atoms with E-state index in [1.807, 2.05) is 0 Å². The molecule has 1 atom stereocenters. The van der Waals surface area contributed by atoms with Gasteiger partial charge in [-0.25, -0.2) is 4.79 Å². The summed E-state index contributed by atoms with van der Waals surface area (Å²) in [7, 11) is 0. The molecule has 156 valence electrons. The van der Waals surface area contributed by atoms with Gasteiger partial charge in [0.2, 0.25) is 11.8 Å². The third kappa shape index (κ3) is 3.81. The van der Waals surface area contributed by atoms with Gasteiger partial charge in [-0.1, -0.05) is 12.1 Å². The first kappa shape index (κ1) is 19.7. The van der Waals surface area contributed by atoms with Gasteiger partial charge < -0.3 is 10.0 Å². The minimum Gasteiger partial charge on any atom is -0.465 e. The SMILES string of the molecule is Cc1c(CN2CCN(C(=O)O)C(N3C(=O)CCC3=O)C2)cccc1N1CCCC1. The zero-order valence-corrected chi connectivity index (χ0v) is 16.8. The number of nitrogens with zero attached hydrogens (tertiary/aromatic N) is 4. The van der Waals surface area contributed by atoms with E-state index in [9.17, 15) is 19.5 Å². The van der Waals surface area contributed by atoms with Crippen LogP contribution in [0.25, 0.3) is 0 Å². The van der Waals surface area contributed by atoms with Gasteiger partial charge in [0.15, 0.2) is 0 Å². The van der Waals surface area contributed by atoms with E-state index >= 15 is 0 Å². The highest BCUT2D eigenvalue weighted by Crippen LogP contribution is 2.28. The van der Waals surface area contributed by atoms with Crippen molar-refractivity contribution < 1.29 is 19.5 Å². The van der Waals surface area contributed by atoms with Crippen LogP contribution in [0, 0.1) is 6.92 Å². The molecule has 1 N–H and O–H groups in total. The quantitative estimate of drug-likeness (QED) is 0.777. The Kier molecular flexibility index (Phi) is 5.45. The first-order chi connectivity index (χ1) is 14.0. The summed E-state index contributed by atoms with van der Waals surface area (Å²) >= 11 is 0. The minimum absolute atomic E-state index is 0.166. The largest absolute Gasteiger partial charge is 0.465 e. The third-order valence-corrected chi connectivity index (χ3v) is 6.33. The fourth-order valence-corrected chi connectivity index (χ4v) is 4.72. The molecule has 0 radical (unpaired) electrons. The first-order valence-corrected chi connectivity index (χ1v) is 10.4. The fourth-order valence-electron chi connectivity index (χ4n) is 4.72. The maximum Gasteiger partial charge on any atom is 0.409 e. The highest BCUT2D eigenvalue weighted by Gasteiger charge is 2.42. The van der Waals surface area contributed by atoms with E-state index in [1.165, 1.54) is 34.6 Å². The highest BCUT2D eigenvalue weighted by atomic mass is 16.4. The van der Waals surface area contributed by atoms with Crippen LogP contribution in [-0.4, -0.2) is 76.6 Å². The van der Waals surface area contributed by atoms with Crippen molar-refractivity contribution in [2.24, 2.45) is 0 Å². The van der Waals surface area contributed by atoms with E-state index < -0.39 is 12.3 Å².